The average Bonchev–Trinajstić information content (AvgIpc) is 2.20. The SMILES string of the molecule is CSC(C)C(=O)Nc1ccc(N)nc1. The molecule has 4 nitrogen and oxygen atoms in total. The summed E-state index contributed by atoms with van der Waals surface area (Å²) < 4.78 is 0. The van der Waals surface area contributed by atoms with Crippen molar-refractivity contribution < 1.29 is 4.79 Å². The molecule has 1 amide bonds. The van der Waals surface area contributed by atoms with E-state index < -0.39 is 0 Å². The lowest BCUT2D eigenvalue weighted by Crippen LogP contribution is -2.22. The zero-order valence-electron chi connectivity index (χ0n) is 8.15. The van der Waals surface area contributed by atoms with Gasteiger partial charge in [-0.25, -0.2) is 4.98 Å². The quantitative estimate of drug-likeness (QED) is 0.792. The fourth-order valence-electron chi connectivity index (χ4n) is 0.830. The molecular weight excluding hydrogens is 198 g/mol. The van der Waals surface area contributed by atoms with Crippen molar-refractivity contribution in [3.05, 3.63) is 18.3 Å². The molecule has 1 heterocycles. The summed E-state index contributed by atoms with van der Waals surface area (Å²) in [4.78, 5) is 15.3. The Hall–Kier alpha value is -1.23. The zero-order chi connectivity index (χ0) is 10.6. The van der Waals surface area contributed by atoms with Crippen molar-refractivity contribution in [1.29, 1.82) is 0 Å². The smallest absolute Gasteiger partial charge is 0.237 e. The number of nitrogens with zero attached hydrogens (tertiary/aromatic N) is 1. The van der Waals surface area contributed by atoms with Gasteiger partial charge in [0.2, 0.25) is 5.91 Å². The molecule has 1 rings (SSSR count). The minimum absolute atomic E-state index is 0.0240. The molecule has 0 spiro atoms. The van der Waals surface area contributed by atoms with E-state index in [-0.39, 0.29) is 11.2 Å². The molecular formula is C9H13N3OS. The fourth-order valence-corrected chi connectivity index (χ4v) is 1.10. The van der Waals surface area contributed by atoms with Gasteiger partial charge in [0.05, 0.1) is 17.1 Å². The zero-order valence-corrected chi connectivity index (χ0v) is 8.97. The molecule has 3 N–H and O–H groups in total. The van der Waals surface area contributed by atoms with Crippen molar-refractivity contribution in [1.82, 2.24) is 4.98 Å². The molecule has 0 aliphatic carbocycles. The van der Waals surface area contributed by atoms with Crippen LogP contribution in [0.3, 0.4) is 0 Å². The minimum Gasteiger partial charge on any atom is -0.384 e. The second-order valence-corrected chi connectivity index (χ2v) is 4.02. The van der Waals surface area contributed by atoms with Gasteiger partial charge in [0.25, 0.3) is 0 Å². The van der Waals surface area contributed by atoms with Gasteiger partial charge in [-0.3, -0.25) is 4.79 Å². The van der Waals surface area contributed by atoms with Crippen LogP contribution in [0.5, 0.6) is 0 Å². The molecule has 76 valence electrons. The van der Waals surface area contributed by atoms with Crippen LogP contribution >= 0.6 is 11.8 Å². The largest absolute Gasteiger partial charge is 0.384 e. The molecule has 0 aliphatic rings. The molecule has 0 saturated carbocycles. The van der Waals surface area contributed by atoms with Crippen molar-refractivity contribution in [3.63, 3.8) is 0 Å². The van der Waals surface area contributed by atoms with Crippen LogP contribution in [-0.4, -0.2) is 22.4 Å². The minimum atomic E-state index is -0.0625. The molecule has 0 radical (unpaired) electrons. The summed E-state index contributed by atoms with van der Waals surface area (Å²) in [7, 11) is 0. The van der Waals surface area contributed by atoms with E-state index in [1.165, 1.54) is 11.8 Å². The number of nitrogens with one attached hydrogen (secondary N) is 1. The molecule has 0 fully saturated rings. The van der Waals surface area contributed by atoms with Crippen LogP contribution in [0.4, 0.5) is 11.5 Å². The normalized spacial score (nSPS) is 12.1. The third-order valence-corrected chi connectivity index (χ3v) is 2.70. The highest BCUT2D eigenvalue weighted by Crippen LogP contribution is 2.11. The molecule has 5 heteroatoms. The maximum Gasteiger partial charge on any atom is 0.237 e. The van der Waals surface area contributed by atoms with E-state index in [9.17, 15) is 4.79 Å². The Balaban J connectivity index is 2.60. The van der Waals surface area contributed by atoms with Gasteiger partial charge in [-0.15, -0.1) is 0 Å². The van der Waals surface area contributed by atoms with Crippen LogP contribution in [0.25, 0.3) is 0 Å². The lowest BCUT2D eigenvalue weighted by molar-refractivity contribution is -0.115. The Morgan fingerprint density at radius 2 is 2.36 bits per heavy atom. The number of hydrogen-bond donors (Lipinski definition) is 2. The number of thioether (sulfide) groups is 1. The summed E-state index contributed by atoms with van der Waals surface area (Å²) in [6, 6.07) is 3.38. The first-order valence-electron chi connectivity index (χ1n) is 4.18. The Bertz CT molecular complexity index is 312. The van der Waals surface area contributed by atoms with Crippen LogP contribution in [0, 0.1) is 0 Å². The summed E-state index contributed by atoms with van der Waals surface area (Å²) in [6.07, 6.45) is 3.44. The van der Waals surface area contributed by atoms with Gasteiger partial charge in [-0.1, -0.05) is 0 Å². The molecule has 1 aromatic rings. The molecule has 14 heavy (non-hydrogen) atoms. The highest BCUT2D eigenvalue weighted by molar-refractivity contribution is 7.99. The van der Waals surface area contributed by atoms with Crippen LogP contribution in [-0.2, 0) is 4.79 Å². The number of carbonyl (C=O) groups is 1. The first kappa shape index (κ1) is 10.8. The van der Waals surface area contributed by atoms with Crippen molar-refractivity contribution in [2.45, 2.75) is 12.2 Å². The number of nitrogens with two attached hydrogens (primary N) is 1. The predicted molar refractivity (Wildman–Crippen MR) is 60.3 cm³/mol. The lowest BCUT2D eigenvalue weighted by Gasteiger charge is -2.08. The number of carbonyl (C=O) groups excluding carboxylic acids is 1. The number of pyridine rings is 1. The molecule has 1 aromatic heterocycles. The van der Waals surface area contributed by atoms with Crippen LogP contribution in [0.1, 0.15) is 6.92 Å². The summed E-state index contributed by atoms with van der Waals surface area (Å²) >= 11 is 1.50. The van der Waals surface area contributed by atoms with Gasteiger partial charge >= 0.3 is 0 Å². The predicted octanol–water partition coefficient (Wildman–Crippen LogP) is 1.35. The van der Waals surface area contributed by atoms with Crippen molar-refractivity contribution in [3.8, 4) is 0 Å². The molecule has 0 bridgehead atoms. The molecule has 0 saturated heterocycles. The van der Waals surface area contributed by atoms with Gasteiger partial charge in [0.1, 0.15) is 5.82 Å². The number of rotatable bonds is 3. The topological polar surface area (TPSA) is 68.0 Å². The summed E-state index contributed by atoms with van der Waals surface area (Å²) in [6.45, 7) is 1.85. The number of anilines is 2. The average molecular weight is 211 g/mol. The maximum atomic E-state index is 11.4. The van der Waals surface area contributed by atoms with E-state index in [1.807, 2.05) is 13.2 Å². The standard InChI is InChI=1S/C9H13N3OS/c1-6(14-2)9(13)12-7-3-4-8(10)11-5-7/h3-6H,1-2H3,(H2,10,11)(H,12,13). The maximum absolute atomic E-state index is 11.4. The lowest BCUT2D eigenvalue weighted by atomic mass is 10.3. The van der Waals surface area contributed by atoms with E-state index in [1.54, 1.807) is 18.3 Å². The van der Waals surface area contributed by atoms with E-state index in [2.05, 4.69) is 10.3 Å². The highest BCUT2D eigenvalue weighted by Gasteiger charge is 2.10. The number of nitrogen functional groups attached to an aromatic ring is 1. The molecule has 0 aromatic carbocycles. The van der Waals surface area contributed by atoms with E-state index >= 15 is 0 Å². The number of aromatic nitrogens is 1. The second kappa shape index (κ2) is 4.85. The van der Waals surface area contributed by atoms with Crippen molar-refractivity contribution in [2.24, 2.45) is 0 Å². The first-order valence-corrected chi connectivity index (χ1v) is 5.47. The third-order valence-electron chi connectivity index (χ3n) is 1.78. The van der Waals surface area contributed by atoms with Crippen LogP contribution in [0.2, 0.25) is 0 Å². The van der Waals surface area contributed by atoms with E-state index in [4.69, 9.17) is 5.73 Å². The van der Waals surface area contributed by atoms with Gasteiger partial charge in [-0.2, -0.15) is 11.8 Å². The van der Waals surface area contributed by atoms with Crippen molar-refractivity contribution >= 4 is 29.2 Å². The van der Waals surface area contributed by atoms with Gasteiger partial charge in [0, 0.05) is 0 Å². The summed E-state index contributed by atoms with van der Waals surface area (Å²) in [5, 5.41) is 2.68. The molecule has 0 aliphatic heterocycles. The fraction of sp³-hybridized carbons (Fsp3) is 0.333. The molecule has 1 atom stereocenters. The number of amides is 1. The van der Waals surface area contributed by atoms with Crippen molar-refractivity contribution in [2.75, 3.05) is 17.3 Å². The number of hydrogen-bond acceptors (Lipinski definition) is 4. The Labute approximate surface area is 87.3 Å². The highest BCUT2D eigenvalue weighted by atomic mass is 32.2. The Morgan fingerprint density at radius 3 is 2.86 bits per heavy atom. The summed E-state index contributed by atoms with van der Waals surface area (Å²) in [5.41, 5.74) is 6.09. The van der Waals surface area contributed by atoms with E-state index in [0.717, 1.165) is 0 Å². The van der Waals surface area contributed by atoms with Crippen LogP contribution < -0.4 is 11.1 Å². The molecule has 1 unspecified atom stereocenters. The monoisotopic (exact) mass is 211 g/mol. The first-order chi connectivity index (χ1) is 6.63. The Kier molecular flexibility index (Phi) is 3.76. The van der Waals surface area contributed by atoms with Gasteiger partial charge in [0.15, 0.2) is 0 Å². The summed E-state index contributed by atoms with van der Waals surface area (Å²) in [5.74, 6) is 0.421. The van der Waals surface area contributed by atoms with Gasteiger partial charge in [-0.05, 0) is 25.3 Å². The Morgan fingerprint density at radius 1 is 1.64 bits per heavy atom. The third kappa shape index (κ3) is 2.92. The van der Waals surface area contributed by atoms with E-state index in [0.29, 0.717) is 11.5 Å². The van der Waals surface area contributed by atoms with Gasteiger partial charge < -0.3 is 11.1 Å². The van der Waals surface area contributed by atoms with Crippen LogP contribution in [0.15, 0.2) is 18.3 Å². The second-order valence-electron chi connectivity index (χ2n) is 2.84.